The van der Waals surface area contributed by atoms with E-state index in [1.54, 1.807) is 7.11 Å². The number of nitrogens with zero attached hydrogens (tertiary/aromatic N) is 1. The topological polar surface area (TPSA) is 39.2 Å². The summed E-state index contributed by atoms with van der Waals surface area (Å²) < 4.78 is 14.2. The van der Waals surface area contributed by atoms with E-state index < -0.39 is 0 Å². The zero-order valence-corrected chi connectivity index (χ0v) is 12.9. The lowest BCUT2D eigenvalue weighted by atomic mass is 9.89. The maximum absolute atomic E-state index is 5.85. The summed E-state index contributed by atoms with van der Waals surface area (Å²) in [6.45, 7) is 4.05. The average molecular weight is 292 g/mol. The predicted molar refractivity (Wildman–Crippen MR) is 82.0 cm³/mol. The summed E-state index contributed by atoms with van der Waals surface area (Å²) in [5.74, 6) is 0.866. The van der Waals surface area contributed by atoms with Gasteiger partial charge in [-0.3, -0.25) is 0 Å². The summed E-state index contributed by atoms with van der Waals surface area (Å²) in [4.78, 5) is 3.29. The second-order valence-electron chi connectivity index (χ2n) is 5.60. The zero-order chi connectivity index (χ0) is 14.3. The average Bonchev–Trinajstić information content (AvgIpc) is 2.66. The summed E-state index contributed by atoms with van der Waals surface area (Å²) in [5.41, 5.74) is 2.11. The van der Waals surface area contributed by atoms with Gasteiger partial charge in [0.15, 0.2) is 4.77 Å². The molecule has 2 aromatic rings. The van der Waals surface area contributed by atoms with Crippen LogP contribution >= 0.6 is 12.2 Å². The Morgan fingerprint density at radius 1 is 1.35 bits per heavy atom. The van der Waals surface area contributed by atoms with Crippen molar-refractivity contribution in [3.05, 3.63) is 23.0 Å². The van der Waals surface area contributed by atoms with Gasteiger partial charge in [-0.1, -0.05) is 6.07 Å². The molecule has 0 bridgehead atoms. The third-order valence-corrected chi connectivity index (χ3v) is 4.14. The van der Waals surface area contributed by atoms with Crippen molar-refractivity contribution in [1.82, 2.24) is 9.55 Å². The van der Waals surface area contributed by atoms with Crippen molar-refractivity contribution < 1.29 is 9.47 Å². The van der Waals surface area contributed by atoms with Crippen LogP contribution in [0, 0.1) is 4.77 Å². The van der Waals surface area contributed by atoms with Crippen molar-refractivity contribution in [3.8, 4) is 5.75 Å². The lowest BCUT2D eigenvalue weighted by Crippen LogP contribution is -2.32. The van der Waals surface area contributed by atoms with Crippen molar-refractivity contribution in [2.24, 2.45) is 0 Å². The van der Waals surface area contributed by atoms with E-state index in [9.17, 15) is 0 Å². The van der Waals surface area contributed by atoms with Crippen LogP contribution in [0.2, 0.25) is 0 Å². The van der Waals surface area contributed by atoms with Gasteiger partial charge >= 0.3 is 0 Å². The van der Waals surface area contributed by atoms with Gasteiger partial charge in [0.1, 0.15) is 11.3 Å². The molecule has 0 atom stereocenters. The smallest absolute Gasteiger partial charge is 0.178 e. The van der Waals surface area contributed by atoms with E-state index in [4.69, 9.17) is 21.7 Å². The Hall–Kier alpha value is -1.33. The highest BCUT2D eigenvalue weighted by molar-refractivity contribution is 7.71. The lowest BCUT2D eigenvalue weighted by Gasteiger charge is -2.35. The molecule has 1 aliphatic carbocycles. The number of rotatable bonds is 4. The number of benzene rings is 1. The van der Waals surface area contributed by atoms with E-state index in [1.165, 1.54) is 0 Å². The van der Waals surface area contributed by atoms with Gasteiger partial charge in [-0.2, -0.15) is 0 Å². The number of imidazole rings is 1. The van der Waals surface area contributed by atoms with E-state index in [0.717, 1.165) is 34.4 Å². The largest absolute Gasteiger partial charge is 0.489 e. The molecule has 1 heterocycles. The van der Waals surface area contributed by atoms with Gasteiger partial charge in [-0.15, -0.1) is 0 Å². The first-order valence-corrected chi connectivity index (χ1v) is 7.43. The minimum atomic E-state index is 0.146. The predicted octanol–water partition coefficient (Wildman–Crippen LogP) is 3.84. The molecule has 0 unspecified atom stereocenters. The summed E-state index contributed by atoms with van der Waals surface area (Å²) in [5, 5.41) is 0. The first kappa shape index (κ1) is 13.6. The maximum Gasteiger partial charge on any atom is 0.178 e. The number of aromatic amines is 1. The molecule has 1 aliphatic rings. The standard InChI is InChI=1S/C15H20N2O2S/c1-9(2)19-13-6-4-5-12-14(13)16-15(20)17(12)10-7-11(8-10)18-3/h4-6,9-11H,7-8H2,1-3H3,(H,16,20). The molecule has 0 aliphatic heterocycles. The summed E-state index contributed by atoms with van der Waals surface area (Å²) in [6.07, 6.45) is 2.55. The highest BCUT2D eigenvalue weighted by Gasteiger charge is 2.32. The molecule has 3 rings (SSSR count). The second kappa shape index (κ2) is 5.22. The number of hydrogen-bond donors (Lipinski definition) is 1. The third kappa shape index (κ3) is 2.25. The van der Waals surface area contributed by atoms with Crippen LogP contribution < -0.4 is 4.74 Å². The van der Waals surface area contributed by atoms with Crippen LogP contribution in [0.5, 0.6) is 5.75 Å². The molecular formula is C15H20N2O2S. The van der Waals surface area contributed by atoms with Crippen molar-refractivity contribution in [2.45, 2.75) is 44.9 Å². The SMILES string of the molecule is COC1CC(n2c(=S)[nH]c3c(OC(C)C)cccc32)C1. The Bertz CT molecular complexity index is 668. The Balaban J connectivity index is 2.02. The molecule has 0 spiro atoms. The molecule has 108 valence electrons. The van der Waals surface area contributed by atoms with Gasteiger partial charge in [-0.05, 0) is 51.0 Å². The molecule has 20 heavy (non-hydrogen) atoms. The van der Waals surface area contributed by atoms with Crippen LogP contribution in [-0.4, -0.2) is 28.9 Å². The van der Waals surface area contributed by atoms with E-state index >= 15 is 0 Å². The van der Waals surface area contributed by atoms with Gasteiger partial charge in [0.05, 0.1) is 17.7 Å². The fourth-order valence-electron chi connectivity index (χ4n) is 2.78. The van der Waals surface area contributed by atoms with Gasteiger partial charge in [0, 0.05) is 13.2 Å². The molecule has 1 fully saturated rings. The highest BCUT2D eigenvalue weighted by Crippen LogP contribution is 2.38. The molecule has 1 N–H and O–H groups in total. The van der Waals surface area contributed by atoms with E-state index in [-0.39, 0.29) is 6.10 Å². The quantitative estimate of drug-likeness (QED) is 0.870. The number of para-hydroxylation sites is 1. The molecule has 4 nitrogen and oxygen atoms in total. The molecule has 1 saturated carbocycles. The van der Waals surface area contributed by atoms with Crippen LogP contribution in [0.15, 0.2) is 18.2 Å². The first-order chi connectivity index (χ1) is 9.60. The van der Waals surface area contributed by atoms with Crippen LogP contribution in [-0.2, 0) is 4.74 Å². The molecule has 5 heteroatoms. The first-order valence-electron chi connectivity index (χ1n) is 7.03. The number of H-pyrrole nitrogens is 1. The number of nitrogens with one attached hydrogen (secondary N) is 1. The Morgan fingerprint density at radius 2 is 2.10 bits per heavy atom. The Morgan fingerprint density at radius 3 is 2.75 bits per heavy atom. The summed E-state index contributed by atoms with van der Waals surface area (Å²) in [7, 11) is 1.77. The minimum Gasteiger partial charge on any atom is -0.489 e. The fourth-order valence-corrected chi connectivity index (χ4v) is 3.13. The van der Waals surface area contributed by atoms with Gasteiger partial charge in [0.25, 0.3) is 0 Å². The number of aromatic nitrogens is 2. The van der Waals surface area contributed by atoms with Crippen LogP contribution in [0.4, 0.5) is 0 Å². The number of ether oxygens (including phenoxy) is 2. The monoisotopic (exact) mass is 292 g/mol. The third-order valence-electron chi connectivity index (χ3n) is 3.85. The fraction of sp³-hybridized carbons (Fsp3) is 0.533. The van der Waals surface area contributed by atoms with Gasteiger partial charge in [-0.25, -0.2) is 0 Å². The molecule has 0 amide bonds. The number of fused-ring (bicyclic) bond motifs is 1. The van der Waals surface area contributed by atoms with Gasteiger partial charge in [0.2, 0.25) is 0 Å². The summed E-state index contributed by atoms with van der Waals surface area (Å²) in [6, 6.07) is 6.52. The maximum atomic E-state index is 5.85. The number of hydrogen-bond acceptors (Lipinski definition) is 3. The minimum absolute atomic E-state index is 0.146. The van der Waals surface area contributed by atoms with Crippen molar-refractivity contribution in [2.75, 3.05) is 7.11 Å². The van der Waals surface area contributed by atoms with Crippen LogP contribution in [0.25, 0.3) is 11.0 Å². The Labute approximate surface area is 123 Å². The number of methoxy groups -OCH3 is 1. The van der Waals surface area contributed by atoms with E-state index in [2.05, 4.69) is 15.6 Å². The summed E-state index contributed by atoms with van der Waals surface area (Å²) >= 11 is 5.49. The molecule has 1 aromatic carbocycles. The van der Waals surface area contributed by atoms with Gasteiger partial charge < -0.3 is 19.0 Å². The highest BCUT2D eigenvalue weighted by atomic mass is 32.1. The van der Waals surface area contributed by atoms with Crippen molar-refractivity contribution in [3.63, 3.8) is 0 Å². The van der Waals surface area contributed by atoms with Crippen molar-refractivity contribution in [1.29, 1.82) is 0 Å². The Kier molecular flexibility index (Phi) is 3.56. The molecule has 0 saturated heterocycles. The van der Waals surface area contributed by atoms with Crippen LogP contribution in [0.3, 0.4) is 0 Å². The lowest BCUT2D eigenvalue weighted by molar-refractivity contribution is 0.00698. The van der Waals surface area contributed by atoms with Crippen molar-refractivity contribution >= 4 is 23.3 Å². The molecule has 1 aromatic heterocycles. The second-order valence-corrected chi connectivity index (χ2v) is 5.99. The van der Waals surface area contributed by atoms with Crippen LogP contribution in [0.1, 0.15) is 32.7 Å². The molecule has 0 radical (unpaired) electrons. The normalized spacial score (nSPS) is 22.2. The van der Waals surface area contributed by atoms with E-state index in [1.807, 2.05) is 26.0 Å². The molecular weight excluding hydrogens is 272 g/mol. The zero-order valence-electron chi connectivity index (χ0n) is 12.1. The van der Waals surface area contributed by atoms with E-state index in [0.29, 0.717) is 12.1 Å².